The molecule has 0 fully saturated rings. The van der Waals surface area contributed by atoms with Crippen LogP contribution in [-0.4, -0.2) is 27.5 Å². The van der Waals surface area contributed by atoms with Crippen LogP contribution in [0.15, 0.2) is 29.2 Å². The first-order valence-electron chi connectivity index (χ1n) is 5.72. The Morgan fingerprint density at radius 3 is 2.78 bits per heavy atom. The Hall–Kier alpha value is -1.62. The highest BCUT2D eigenvalue weighted by Crippen LogP contribution is 2.23. The summed E-state index contributed by atoms with van der Waals surface area (Å²) in [4.78, 5) is 12.1. The number of thioether (sulfide) groups is 1. The van der Waals surface area contributed by atoms with E-state index in [1.165, 1.54) is 0 Å². The first kappa shape index (κ1) is 12.8. The molecular weight excluding hydrogens is 246 g/mol. The van der Waals surface area contributed by atoms with Crippen LogP contribution in [-0.2, 0) is 0 Å². The number of benzene rings is 1. The first-order chi connectivity index (χ1) is 8.67. The molecule has 0 unspecified atom stereocenters. The van der Waals surface area contributed by atoms with Gasteiger partial charge in [-0.2, -0.15) is 0 Å². The zero-order valence-corrected chi connectivity index (χ0v) is 11.4. The highest BCUT2D eigenvalue weighted by molar-refractivity contribution is 7.98. The molecule has 0 atom stereocenters. The van der Waals surface area contributed by atoms with Gasteiger partial charge < -0.3 is 0 Å². The van der Waals surface area contributed by atoms with Crippen LogP contribution in [0.3, 0.4) is 0 Å². The molecule has 94 valence electrons. The fourth-order valence-corrected chi connectivity index (χ4v) is 2.31. The smallest absolute Gasteiger partial charge is 0.172 e. The Kier molecular flexibility index (Phi) is 3.81. The average molecular weight is 261 g/mol. The zero-order valence-electron chi connectivity index (χ0n) is 10.6. The summed E-state index contributed by atoms with van der Waals surface area (Å²) in [5, 5.41) is 8.01. The summed E-state index contributed by atoms with van der Waals surface area (Å²) in [6.45, 7) is 4.06. The maximum atomic E-state index is 11.0. The van der Waals surface area contributed by atoms with E-state index >= 15 is 0 Å². The summed E-state index contributed by atoms with van der Waals surface area (Å²) < 4.78 is 1.74. The number of carbonyl (C=O) groups is 1. The lowest BCUT2D eigenvalue weighted by molar-refractivity contribution is 0.111. The minimum atomic E-state index is 0.193. The van der Waals surface area contributed by atoms with E-state index in [2.05, 4.69) is 10.3 Å². The quantitative estimate of drug-likeness (QED) is 0.627. The van der Waals surface area contributed by atoms with E-state index in [4.69, 9.17) is 0 Å². The van der Waals surface area contributed by atoms with Gasteiger partial charge in [-0.25, -0.2) is 4.68 Å². The first-order valence-corrected chi connectivity index (χ1v) is 6.95. The van der Waals surface area contributed by atoms with Crippen LogP contribution >= 0.6 is 11.8 Å². The molecule has 0 N–H and O–H groups in total. The van der Waals surface area contributed by atoms with Gasteiger partial charge >= 0.3 is 0 Å². The average Bonchev–Trinajstić information content (AvgIpc) is 2.82. The molecule has 0 aliphatic heterocycles. The van der Waals surface area contributed by atoms with E-state index in [1.807, 2.05) is 44.4 Å². The molecular formula is C13H15N3OS. The normalized spacial score (nSPS) is 10.9. The predicted octanol–water partition coefficient (Wildman–Crippen LogP) is 2.93. The Bertz CT molecular complexity index is 563. The summed E-state index contributed by atoms with van der Waals surface area (Å²) in [5.41, 5.74) is 2.20. The molecule has 0 aliphatic rings. The number of aromatic nitrogens is 3. The lowest BCUT2D eigenvalue weighted by Crippen LogP contribution is -2.05. The molecule has 2 aromatic rings. The van der Waals surface area contributed by atoms with Gasteiger partial charge in [0, 0.05) is 4.90 Å². The topological polar surface area (TPSA) is 47.8 Å². The van der Waals surface area contributed by atoms with Gasteiger partial charge in [0.25, 0.3) is 0 Å². The monoisotopic (exact) mass is 261 g/mol. The Morgan fingerprint density at radius 2 is 2.17 bits per heavy atom. The van der Waals surface area contributed by atoms with Crippen molar-refractivity contribution >= 4 is 18.0 Å². The summed E-state index contributed by atoms with van der Waals surface area (Å²) in [5.74, 6) is 0.193. The molecule has 1 heterocycles. The van der Waals surface area contributed by atoms with Crippen molar-refractivity contribution in [1.82, 2.24) is 15.0 Å². The van der Waals surface area contributed by atoms with Crippen LogP contribution < -0.4 is 0 Å². The zero-order chi connectivity index (χ0) is 13.1. The van der Waals surface area contributed by atoms with Crippen LogP contribution in [0.4, 0.5) is 0 Å². The van der Waals surface area contributed by atoms with Gasteiger partial charge in [0.1, 0.15) is 5.69 Å². The largest absolute Gasteiger partial charge is 0.296 e. The van der Waals surface area contributed by atoms with Crippen LogP contribution in [0.2, 0.25) is 0 Å². The Labute approximate surface area is 110 Å². The summed E-state index contributed by atoms with van der Waals surface area (Å²) in [7, 11) is 0. The van der Waals surface area contributed by atoms with Crippen molar-refractivity contribution < 1.29 is 4.79 Å². The van der Waals surface area contributed by atoms with Crippen molar-refractivity contribution in [2.75, 3.05) is 6.26 Å². The van der Waals surface area contributed by atoms with Crippen molar-refractivity contribution in [3.63, 3.8) is 0 Å². The minimum Gasteiger partial charge on any atom is -0.296 e. The second-order valence-electron chi connectivity index (χ2n) is 4.25. The van der Waals surface area contributed by atoms with Gasteiger partial charge in [0.2, 0.25) is 0 Å². The van der Waals surface area contributed by atoms with E-state index in [9.17, 15) is 4.79 Å². The van der Waals surface area contributed by atoms with Gasteiger partial charge in [-0.15, -0.1) is 16.9 Å². The van der Waals surface area contributed by atoms with Crippen molar-refractivity contribution in [3.8, 4) is 5.69 Å². The molecule has 0 saturated carbocycles. The molecule has 2 rings (SSSR count). The van der Waals surface area contributed by atoms with E-state index in [-0.39, 0.29) is 5.92 Å². The summed E-state index contributed by atoms with van der Waals surface area (Å²) in [6.07, 6.45) is 2.79. The fraction of sp³-hybridized carbons (Fsp3) is 0.308. The van der Waals surface area contributed by atoms with Gasteiger partial charge in [-0.1, -0.05) is 25.1 Å². The number of hydrogen-bond donors (Lipinski definition) is 0. The summed E-state index contributed by atoms with van der Waals surface area (Å²) >= 11 is 1.67. The van der Waals surface area contributed by atoms with Crippen LogP contribution in [0.1, 0.15) is 35.9 Å². The van der Waals surface area contributed by atoms with E-state index in [0.717, 1.165) is 22.6 Å². The highest BCUT2D eigenvalue weighted by atomic mass is 32.2. The number of carbonyl (C=O) groups excluding carboxylic acids is 1. The molecule has 0 spiro atoms. The maximum absolute atomic E-state index is 11.0. The Morgan fingerprint density at radius 1 is 1.39 bits per heavy atom. The number of aldehydes is 1. The number of rotatable bonds is 4. The molecule has 18 heavy (non-hydrogen) atoms. The maximum Gasteiger partial charge on any atom is 0.172 e. The molecule has 0 aliphatic carbocycles. The standard InChI is InChI=1S/C13H15N3OS/c1-9(2)13-12(8-17)14-15-16(13)10-5-4-6-11(7-10)18-3/h4-9H,1-3H3. The lowest BCUT2D eigenvalue weighted by Gasteiger charge is -2.10. The van der Waals surface area contributed by atoms with Gasteiger partial charge in [0.15, 0.2) is 6.29 Å². The predicted molar refractivity (Wildman–Crippen MR) is 72.6 cm³/mol. The minimum absolute atomic E-state index is 0.193. The summed E-state index contributed by atoms with van der Waals surface area (Å²) in [6, 6.07) is 8.03. The van der Waals surface area contributed by atoms with E-state index in [1.54, 1.807) is 16.4 Å². The molecule has 1 aromatic heterocycles. The molecule has 5 heteroatoms. The van der Waals surface area contributed by atoms with Crippen LogP contribution in [0.5, 0.6) is 0 Å². The number of nitrogens with zero attached hydrogens (tertiary/aromatic N) is 3. The molecule has 0 amide bonds. The Balaban J connectivity index is 2.56. The molecule has 1 aromatic carbocycles. The second kappa shape index (κ2) is 5.35. The SMILES string of the molecule is CSc1cccc(-n2nnc(C=O)c2C(C)C)c1. The molecule has 4 nitrogen and oxygen atoms in total. The highest BCUT2D eigenvalue weighted by Gasteiger charge is 2.16. The lowest BCUT2D eigenvalue weighted by atomic mass is 10.1. The van der Waals surface area contributed by atoms with Crippen molar-refractivity contribution in [1.29, 1.82) is 0 Å². The number of hydrogen-bond acceptors (Lipinski definition) is 4. The van der Waals surface area contributed by atoms with Gasteiger partial charge in [0.05, 0.1) is 11.4 Å². The van der Waals surface area contributed by atoms with Crippen molar-refractivity contribution in [2.24, 2.45) is 0 Å². The molecule has 0 bridgehead atoms. The van der Waals surface area contributed by atoms with Crippen molar-refractivity contribution in [3.05, 3.63) is 35.7 Å². The third kappa shape index (κ3) is 2.31. The third-order valence-electron chi connectivity index (χ3n) is 2.69. The second-order valence-corrected chi connectivity index (χ2v) is 5.13. The van der Waals surface area contributed by atoms with Gasteiger partial charge in [-0.3, -0.25) is 4.79 Å². The van der Waals surface area contributed by atoms with Crippen LogP contribution in [0, 0.1) is 0 Å². The van der Waals surface area contributed by atoms with Crippen LogP contribution in [0.25, 0.3) is 5.69 Å². The fourth-order valence-electron chi connectivity index (χ4n) is 1.86. The molecule has 0 saturated heterocycles. The molecule has 0 radical (unpaired) electrons. The van der Waals surface area contributed by atoms with Gasteiger partial charge in [-0.05, 0) is 30.4 Å². The van der Waals surface area contributed by atoms with Crippen molar-refractivity contribution in [2.45, 2.75) is 24.7 Å². The van der Waals surface area contributed by atoms with E-state index < -0.39 is 0 Å². The van der Waals surface area contributed by atoms with E-state index in [0.29, 0.717) is 5.69 Å². The third-order valence-corrected chi connectivity index (χ3v) is 3.41.